The second-order valence-electron chi connectivity index (χ2n) is 4.76. The minimum absolute atomic E-state index is 0.711. The maximum absolute atomic E-state index is 5.30. The molecule has 0 fully saturated rings. The Morgan fingerprint density at radius 1 is 1.24 bits per heavy atom. The maximum Gasteiger partial charge on any atom is 0.191 e. The third-order valence-corrected chi connectivity index (χ3v) is 2.99. The quantitative estimate of drug-likeness (QED) is 0.438. The number of aryl methyl sites for hydroxylation is 1. The molecule has 0 saturated carbocycles. The van der Waals surface area contributed by atoms with E-state index in [2.05, 4.69) is 28.6 Å². The smallest absolute Gasteiger partial charge is 0.191 e. The topological polar surface area (TPSA) is 54.9 Å². The van der Waals surface area contributed by atoms with Gasteiger partial charge in [0.15, 0.2) is 5.96 Å². The van der Waals surface area contributed by atoms with Crippen molar-refractivity contribution in [3.05, 3.63) is 29.3 Å². The first-order valence-corrected chi connectivity index (χ1v) is 7.36. The summed E-state index contributed by atoms with van der Waals surface area (Å²) in [6, 6.07) is 6.19. The minimum Gasteiger partial charge on any atom is -0.497 e. The van der Waals surface area contributed by atoms with Crippen molar-refractivity contribution in [3.63, 3.8) is 0 Å². The zero-order chi connectivity index (χ0) is 15.5. The van der Waals surface area contributed by atoms with Gasteiger partial charge in [-0.1, -0.05) is 6.07 Å². The third kappa shape index (κ3) is 6.99. The van der Waals surface area contributed by atoms with Gasteiger partial charge in [0, 0.05) is 33.4 Å². The first-order valence-electron chi connectivity index (χ1n) is 7.36. The van der Waals surface area contributed by atoms with Crippen LogP contribution in [0.15, 0.2) is 23.2 Å². The van der Waals surface area contributed by atoms with E-state index in [9.17, 15) is 0 Å². The van der Waals surface area contributed by atoms with Crippen LogP contribution in [0.25, 0.3) is 0 Å². The second-order valence-corrected chi connectivity index (χ2v) is 4.76. The van der Waals surface area contributed by atoms with Crippen molar-refractivity contribution < 1.29 is 9.47 Å². The number of nitrogens with one attached hydrogen (secondary N) is 2. The van der Waals surface area contributed by atoms with E-state index in [-0.39, 0.29) is 0 Å². The molecule has 1 aromatic carbocycles. The summed E-state index contributed by atoms with van der Waals surface area (Å²) >= 11 is 0. The molecule has 0 heterocycles. The molecule has 0 radical (unpaired) electrons. The fraction of sp³-hybridized carbons (Fsp3) is 0.562. The molecule has 21 heavy (non-hydrogen) atoms. The van der Waals surface area contributed by atoms with E-state index in [0.29, 0.717) is 6.54 Å². The molecule has 5 nitrogen and oxygen atoms in total. The van der Waals surface area contributed by atoms with E-state index in [1.54, 1.807) is 14.2 Å². The molecule has 0 amide bonds. The molecule has 0 aliphatic heterocycles. The van der Waals surface area contributed by atoms with E-state index in [0.717, 1.165) is 37.9 Å². The molecule has 2 N–H and O–H groups in total. The van der Waals surface area contributed by atoms with Crippen LogP contribution < -0.4 is 15.4 Å². The van der Waals surface area contributed by atoms with Crippen molar-refractivity contribution in [3.8, 4) is 5.75 Å². The Labute approximate surface area is 127 Å². The zero-order valence-corrected chi connectivity index (χ0v) is 13.5. The molecule has 1 aromatic rings. The van der Waals surface area contributed by atoms with Gasteiger partial charge in [-0.05, 0) is 43.5 Å². The minimum atomic E-state index is 0.711. The molecule has 0 unspecified atom stereocenters. The lowest BCUT2D eigenvalue weighted by Gasteiger charge is -2.13. The van der Waals surface area contributed by atoms with Crippen LogP contribution in [0.4, 0.5) is 0 Å². The predicted octanol–water partition coefficient (Wildman–Crippen LogP) is 2.10. The van der Waals surface area contributed by atoms with Gasteiger partial charge in [-0.2, -0.15) is 0 Å². The van der Waals surface area contributed by atoms with Gasteiger partial charge in [0.1, 0.15) is 5.75 Å². The van der Waals surface area contributed by atoms with Crippen LogP contribution in [0.5, 0.6) is 5.75 Å². The van der Waals surface area contributed by atoms with Crippen LogP contribution in [0, 0.1) is 6.92 Å². The van der Waals surface area contributed by atoms with E-state index >= 15 is 0 Å². The van der Waals surface area contributed by atoms with Crippen LogP contribution in [-0.2, 0) is 11.3 Å². The van der Waals surface area contributed by atoms with Gasteiger partial charge >= 0.3 is 0 Å². The summed E-state index contributed by atoms with van der Waals surface area (Å²) in [5.41, 5.74) is 2.36. The van der Waals surface area contributed by atoms with E-state index < -0.39 is 0 Å². The monoisotopic (exact) mass is 293 g/mol. The van der Waals surface area contributed by atoms with Crippen LogP contribution in [-0.4, -0.2) is 39.9 Å². The fourth-order valence-electron chi connectivity index (χ4n) is 1.98. The molecule has 0 bridgehead atoms. The Bertz CT molecular complexity index is 447. The molecule has 0 saturated heterocycles. The predicted molar refractivity (Wildman–Crippen MR) is 87.0 cm³/mol. The molecule has 0 aliphatic carbocycles. The van der Waals surface area contributed by atoms with Crippen LogP contribution in [0.1, 0.15) is 24.5 Å². The summed E-state index contributed by atoms with van der Waals surface area (Å²) in [5.74, 6) is 1.68. The Morgan fingerprint density at radius 3 is 2.71 bits per heavy atom. The van der Waals surface area contributed by atoms with Gasteiger partial charge in [0.25, 0.3) is 0 Å². The Balaban J connectivity index is 2.39. The number of hydrogen-bond donors (Lipinski definition) is 2. The van der Waals surface area contributed by atoms with Crippen molar-refractivity contribution >= 4 is 5.96 Å². The highest BCUT2D eigenvalue weighted by Crippen LogP contribution is 2.16. The lowest BCUT2D eigenvalue weighted by molar-refractivity contribution is 0.145. The normalized spacial score (nSPS) is 11.3. The summed E-state index contributed by atoms with van der Waals surface area (Å²) in [4.78, 5) is 4.21. The van der Waals surface area contributed by atoms with Gasteiger partial charge < -0.3 is 20.1 Å². The van der Waals surface area contributed by atoms with Crippen LogP contribution in [0.2, 0.25) is 0 Å². The number of guanidine groups is 1. The summed E-state index contributed by atoms with van der Waals surface area (Å²) in [6.45, 7) is 7.16. The lowest BCUT2D eigenvalue weighted by atomic mass is 10.1. The standard InChI is InChI=1S/C16H27N3O2/c1-5-21-8-6-7-18-16(17-3)19-12-14-9-13(2)10-15(11-14)20-4/h9-11H,5-8,12H2,1-4H3,(H2,17,18,19). The number of ether oxygens (including phenoxy) is 2. The van der Waals surface area contributed by atoms with E-state index in [1.807, 2.05) is 19.1 Å². The van der Waals surface area contributed by atoms with Crippen molar-refractivity contribution in [2.24, 2.45) is 4.99 Å². The van der Waals surface area contributed by atoms with Crippen molar-refractivity contribution in [1.82, 2.24) is 10.6 Å². The Kier molecular flexibility index (Phi) is 8.28. The fourth-order valence-corrected chi connectivity index (χ4v) is 1.98. The van der Waals surface area contributed by atoms with E-state index in [4.69, 9.17) is 9.47 Å². The van der Waals surface area contributed by atoms with Gasteiger partial charge in [0.05, 0.1) is 7.11 Å². The average Bonchev–Trinajstić information content (AvgIpc) is 2.49. The number of benzene rings is 1. The lowest BCUT2D eigenvalue weighted by Crippen LogP contribution is -2.37. The SMILES string of the molecule is CCOCCCNC(=NC)NCc1cc(C)cc(OC)c1. The highest BCUT2D eigenvalue weighted by atomic mass is 16.5. The number of rotatable bonds is 8. The zero-order valence-electron chi connectivity index (χ0n) is 13.5. The summed E-state index contributed by atoms with van der Waals surface area (Å²) in [6.07, 6.45) is 0.965. The number of nitrogens with zero attached hydrogens (tertiary/aromatic N) is 1. The largest absolute Gasteiger partial charge is 0.497 e. The number of methoxy groups -OCH3 is 1. The molecule has 0 spiro atoms. The van der Waals surface area contributed by atoms with E-state index in [1.165, 1.54) is 11.1 Å². The number of hydrogen-bond acceptors (Lipinski definition) is 3. The van der Waals surface area contributed by atoms with Crippen molar-refractivity contribution in [1.29, 1.82) is 0 Å². The van der Waals surface area contributed by atoms with Crippen LogP contribution >= 0.6 is 0 Å². The molecule has 0 aromatic heterocycles. The van der Waals surface area contributed by atoms with Gasteiger partial charge in [-0.3, -0.25) is 4.99 Å². The van der Waals surface area contributed by atoms with Crippen molar-refractivity contribution in [2.75, 3.05) is 33.9 Å². The van der Waals surface area contributed by atoms with Gasteiger partial charge in [0.2, 0.25) is 0 Å². The van der Waals surface area contributed by atoms with Crippen LogP contribution in [0.3, 0.4) is 0 Å². The molecular formula is C16H27N3O2. The van der Waals surface area contributed by atoms with Gasteiger partial charge in [-0.15, -0.1) is 0 Å². The highest BCUT2D eigenvalue weighted by molar-refractivity contribution is 5.79. The molecule has 118 valence electrons. The van der Waals surface area contributed by atoms with Crippen molar-refractivity contribution in [2.45, 2.75) is 26.8 Å². The maximum atomic E-state index is 5.30. The van der Waals surface area contributed by atoms with Gasteiger partial charge in [-0.25, -0.2) is 0 Å². The highest BCUT2D eigenvalue weighted by Gasteiger charge is 2.01. The summed E-state index contributed by atoms with van der Waals surface area (Å²) in [5, 5.41) is 6.57. The summed E-state index contributed by atoms with van der Waals surface area (Å²) < 4.78 is 10.6. The Hall–Kier alpha value is -1.75. The summed E-state index contributed by atoms with van der Waals surface area (Å²) in [7, 11) is 3.46. The molecule has 1 rings (SSSR count). The second kappa shape index (κ2) is 10.0. The third-order valence-electron chi connectivity index (χ3n) is 2.99. The molecule has 0 atom stereocenters. The first kappa shape index (κ1) is 17.3. The number of aliphatic imine (C=N–C) groups is 1. The molecular weight excluding hydrogens is 266 g/mol. The average molecular weight is 293 g/mol. The molecule has 5 heteroatoms. The molecule has 0 aliphatic rings. The first-order chi connectivity index (χ1) is 10.2. The Morgan fingerprint density at radius 2 is 2.05 bits per heavy atom.